The van der Waals surface area contributed by atoms with Crippen LogP contribution in [0.5, 0.6) is 0 Å². The molecule has 1 aromatic rings. The Morgan fingerprint density at radius 3 is 3.00 bits per heavy atom. The summed E-state index contributed by atoms with van der Waals surface area (Å²) in [4.78, 5) is 24.2. The molecule has 1 aliphatic heterocycles. The molecule has 1 fully saturated rings. The number of aliphatic hydroxyl groups is 1. The van der Waals surface area contributed by atoms with Crippen LogP contribution >= 0.6 is 0 Å². The molecule has 1 saturated heterocycles. The van der Waals surface area contributed by atoms with Crippen LogP contribution in [-0.2, 0) is 16.1 Å². The van der Waals surface area contributed by atoms with Crippen molar-refractivity contribution in [3.05, 3.63) is 17.5 Å². The molecular formula is C11H14N2O6. The molecule has 1 aliphatic rings. The number of aliphatic hydroxyl groups excluding tert-OH is 1. The second-order valence-electron chi connectivity index (χ2n) is 4.31. The van der Waals surface area contributed by atoms with Gasteiger partial charge in [-0.2, -0.15) is 0 Å². The number of carboxylic acid groups (broad SMARTS) is 1. The summed E-state index contributed by atoms with van der Waals surface area (Å²) in [6, 6.07) is 0.361. The number of methoxy groups -OCH3 is 1. The predicted octanol–water partition coefficient (Wildman–Crippen LogP) is -0.519. The van der Waals surface area contributed by atoms with E-state index in [1.54, 1.807) is 0 Å². The molecule has 1 aromatic heterocycles. The first-order valence-corrected chi connectivity index (χ1v) is 5.69. The van der Waals surface area contributed by atoms with Crippen LogP contribution in [0.25, 0.3) is 0 Å². The number of carbonyl (C=O) groups is 2. The van der Waals surface area contributed by atoms with E-state index in [0.717, 1.165) is 4.90 Å². The number of β-amino-alcohol motifs (C(OH)–C–C–N with tert-alkyl or cyclic N) is 1. The van der Waals surface area contributed by atoms with Crippen molar-refractivity contribution in [3.63, 3.8) is 0 Å². The number of carboxylic acids is 1. The summed E-state index contributed by atoms with van der Waals surface area (Å²) in [5.74, 6) is -1.35. The third-order valence-corrected chi connectivity index (χ3v) is 2.89. The highest BCUT2D eigenvalue weighted by Gasteiger charge is 2.40. The first-order valence-electron chi connectivity index (χ1n) is 5.69. The van der Waals surface area contributed by atoms with Crippen LogP contribution in [0.4, 0.5) is 0 Å². The smallest absolute Gasteiger partial charge is 0.326 e. The minimum absolute atomic E-state index is 0.00685. The monoisotopic (exact) mass is 270 g/mol. The van der Waals surface area contributed by atoms with E-state index in [1.807, 2.05) is 0 Å². The molecule has 0 aromatic carbocycles. The molecule has 19 heavy (non-hydrogen) atoms. The van der Waals surface area contributed by atoms with Crippen molar-refractivity contribution in [2.45, 2.75) is 25.2 Å². The largest absolute Gasteiger partial charge is 0.480 e. The first kappa shape index (κ1) is 13.5. The number of hydrogen-bond donors (Lipinski definition) is 2. The number of hydrogen-bond acceptors (Lipinski definition) is 6. The molecule has 2 N–H and O–H groups in total. The Labute approximate surface area is 108 Å². The van der Waals surface area contributed by atoms with Crippen LogP contribution in [0.1, 0.15) is 22.7 Å². The van der Waals surface area contributed by atoms with Gasteiger partial charge in [-0.25, -0.2) is 4.79 Å². The SMILES string of the molecule is COCc1cc(C(=O)N2C[C@@H](O)C[C@H]2C(=O)O)no1. The van der Waals surface area contributed by atoms with Gasteiger partial charge in [-0.15, -0.1) is 0 Å². The Bertz CT molecular complexity index is 485. The highest BCUT2D eigenvalue weighted by molar-refractivity contribution is 5.95. The maximum absolute atomic E-state index is 12.1. The van der Waals surface area contributed by atoms with Gasteiger partial charge in [0.25, 0.3) is 5.91 Å². The normalized spacial score (nSPS) is 22.7. The van der Waals surface area contributed by atoms with E-state index >= 15 is 0 Å². The number of aliphatic carboxylic acids is 1. The molecule has 0 aliphatic carbocycles. The van der Waals surface area contributed by atoms with Crippen molar-refractivity contribution in [1.82, 2.24) is 10.1 Å². The van der Waals surface area contributed by atoms with Gasteiger partial charge >= 0.3 is 5.97 Å². The van der Waals surface area contributed by atoms with Gasteiger partial charge < -0.3 is 24.4 Å². The van der Waals surface area contributed by atoms with Gasteiger partial charge in [-0.3, -0.25) is 4.79 Å². The van der Waals surface area contributed by atoms with E-state index in [2.05, 4.69) is 5.16 Å². The fourth-order valence-electron chi connectivity index (χ4n) is 2.04. The van der Waals surface area contributed by atoms with E-state index in [-0.39, 0.29) is 25.3 Å². The lowest BCUT2D eigenvalue weighted by Gasteiger charge is -2.19. The number of amides is 1. The summed E-state index contributed by atoms with van der Waals surface area (Å²) >= 11 is 0. The molecule has 2 rings (SSSR count). The average Bonchev–Trinajstić information content (AvgIpc) is 2.95. The van der Waals surface area contributed by atoms with E-state index in [9.17, 15) is 14.7 Å². The molecule has 0 bridgehead atoms. The Kier molecular flexibility index (Phi) is 3.82. The van der Waals surface area contributed by atoms with Crippen molar-refractivity contribution < 1.29 is 29.1 Å². The third-order valence-electron chi connectivity index (χ3n) is 2.89. The maximum atomic E-state index is 12.1. The van der Waals surface area contributed by atoms with Crippen LogP contribution in [0.2, 0.25) is 0 Å². The van der Waals surface area contributed by atoms with E-state index in [4.69, 9.17) is 14.4 Å². The molecular weight excluding hydrogens is 256 g/mol. The number of rotatable bonds is 4. The molecule has 0 saturated carbocycles. The molecule has 0 radical (unpaired) electrons. The van der Waals surface area contributed by atoms with Crippen molar-refractivity contribution in [2.24, 2.45) is 0 Å². The molecule has 2 heterocycles. The van der Waals surface area contributed by atoms with Gasteiger partial charge in [-0.05, 0) is 0 Å². The standard InChI is InChI=1S/C11H14N2O6/c1-18-5-7-3-8(12-19-7)10(15)13-4-6(14)2-9(13)11(16)17/h3,6,9,14H,2,4-5H2,1H3,(H,16,17)/t6-,9-/m0/s1. The molecule has 1 amide bonds. The third kappa shape index (κ3) is 2.74. The second kappa shape index (κ2) is 5.37. The summed E-state index contributed by atoms with van der Waals surface area (Å²) in [5, 5.41) is 22.1. The van der Waals surface area contributed by atoms with Gasteiger partial charge in [0.15, 0.2) is 11.5 Å². The Morgan fingerprint density at radius 1 is 1.63 bits per heavy atom. The number of likely N-dealkylation sites (tertiary alicyclic amines) is 1. The first-order chi connectivity index (χ1) is 9.02. The number of nitrogens with zero attached hydrogens (tertiary/aromatic N) is 2. The number of aromatic nitrogens is 1. The fourth-order valence-corrected chi connectivity index (χ4v) is 2.04. The van der Waals surface area contributed by atoms with Gasteiger partial charge in [0, 0.05) is 26.1 Å². The molecule has 104 valence electrons. The van der Waals surface area contributed by atoms with Gasteiger partial charge in [0.2, 0.25) is 0 Å². The average molecular weight is 270 g/mol. The van der Waals surface area contributed by atoms with E-state index in [1.165, 1.54) is 13.2 Å². The van der Waals surface area contributed by atoms with Crippen molar-refractivity contribution in [3.8, 4) is 0 Å². The fraction of sp³-hybridized carbons (Fsp3) is 0.545. The quantitative estimate of drug-likeness (QED) is 0.756. The van der Waals surface area contributed by atoms with Crippen molar-refractivity contribution in [2.75, 3.05) is 13.7 Å². The summed E-state index contributed by atoms with van der Waals surface area (Å²) in [5.41, 5.74) is 0.00685. The summed E-state index contributed by atoms with van der Waals surface area (Å²) in [6.07, 6.45) is -0.820. The summed E-state index contributed by atoms with van der Waals surface area (Å²) < 4.78 is 9.71. The van der Waals surface area contributed by atoms with Gasteiger partial charge in [0.05, 0.1) is 6.10 Å². The molecule has 8 nitrogen and oxygen atoms in total. The molecule has 8 heteroatoms. The lowest BCUT2D eigenvalue weighted by molar-refractivity contribution is -0.141. The number of ether oxygens (including phenoxy) is 1. The summed E-state index contributed by atoms with van der Waals surface area (Å²) in [7, 11) is 1.47. The van der Waals surface area contributed by atoms with Crippen LogP contribution in [0.3, 0.4) is 0 Å². The molecule has 2 atom stereocenters. The van der Waals surface area contributed by atoms with Gasteiger partial charge in [0.1, 0.15) is 12.6 Å². The Hall–Kier alpha value is -1.93. The Balaban J connectivity index is 2.15. The topological polar surface area (TPSA) is 113 Å². The highest BCUT2D eigenvalue weighted by atomic mass is 16.5. The lowest BCUT2D eigenvalue weighted by atomic mass is 10.2. The van der Waals surface area contributed by atoms with Crippen molar-refractivity contribution >= 4 is 11.9 Å². The van der Waals surface area contributed by atoms with Crippen molar-refractivity contribution in [1.29, 1.82) is 0 Å². The van der Waals surface area contributed by atoms with Gasteiger partial charge in [-0.1, -0.05) is 5.16 Å². The number of carbonyl (C=O) groups excluding carboxylic acids is 1. The minimum Gasteiger partial charge on any atom is -0.480 e. The zero-order valence-electron chi connectivity index (χ0n) is 10.3. The predicted molar refractivity (Wildman–Crippen MR) is 60.3 cm³/mol. The van der Waals surface area contributed by atoms with Crippen LogP contribution in [0, 0.1) is 0 Å². The molecule has 0 unspecified atom stereocenters. The minimum atomic E-state index is -1.15. The zero-order chi connectivity index (χ0) is 14.0. The Morgan fingerprint density at radius 2 is 2.37 bits per heavy atom. The van der Waals surface area contributed by atoms with E-state index in [0.29, 0.717) is 5.76 Å². The van der Waals surface area contributed by atoms with Crippen LogP contribution in [0.15, 0.2) is 10.6 Å². The van der Waals surface area contributed by atoms with Crippen LogP contribution in [-0.4, -0.2) is 57.9 Å². The lowest BCUT2D eigenvalue weighted by Crippen LogP contribution is -2.40. The zero-order valence-corrected chi connectivity index (χ0v) is 10.3. The molecule has 0 spiro atoms. The highest BCUT2D eigenvalue weighted by Crippen LogP contribution is 2.21. The van der Waals surface area contributed by atoms with Crippen LogP contribution < -0.4 is 0 Å². The maximum Gasteiger partial charge on any atom is 0.326 e. The summed E-state index contributed by atoms with van der Waals surface area (Å²) in [6.45, 7) is 0.146. The van der Waals surface area contributed by atoms with E-state index < -0.39 is 24.0 Å². The second-order valence-corrected chi connectivity index (χ2v) is 4.31.